The first-order chi connectivity index (χ1) is 5.90. The second-order valence-electron chi connectivity index (χ2n) is 2.23. The van der Waals surface area contributed by atoms with Crippen molar-refractivity contribution in [2.45, 2.75) is 33.6 Å². The van der Waals surface area contributed by atoms with Crippen LogP contribution >= 0.6 is 0 Å². The molecule has 0 atom stereocenters. The minimum Gasteiger partial charge on any atom is -0.481 e. The summed E-state index contributed by atoms with van der Waals surface area (Å²) < 4.78 is 3.97. The zero-order chi connectivity index (χ0) is 10.9. The maximum absolute atomic E-state index is 9.81. The summed E-state index contributed by atoms with van der Waals surface area (Å²) >= 11 is 0. The lowest BCUT2D eigenvalue weighted by molar-refractivity contribution is -0.156. The summed E-state index contributed by atoms with van der Waals surface area (Å²) in [7, 11) is 0. The van der Waals surface area contributed by atoms with Crippen molar-refractivity contribution in [1.82, 2.24) is 0 Å². The quantitative estimate of drug-likeness (QED) is 0.518. The van der Waals surface area contributed by atoms with Crippen molar-refractivity contribution in [3.8, 4) is 0 Å². The van der Waals surface area contributed by atoms with Crippen LogP contribution in [-0.4, -0.2) is 23.0 Å². The molecular weight excluding hydrogens is 176 g/mol. The van der Waals surface area contributed by atoms with Crippen molar-refractivity contribution < 1.29 is 24.2 Å². The van der Waals surface area contributed by atoms with E-state index in [1.165, 1.54) is 13.8 Å². The fourth-order valence-electron chi connectivity index (χ4n) is 0.416. The van der Waals surface area contributed by atoms with E-state index in [0.29, 0.717) is 6.42 Å². The van der Waals surface area contributed by atoms with Crippen molar-refractivity contribution >= 4 is 17.9 Å². The van der Waals surface area contributed by atoms with Gasteiger partial charge in [0.2, 0.25) is 0 Å². The lowest BCUT2D eigenvalue weighted by Gasteiger charge is -1.87. The van der Waals surface area contributed by atoms with Crippen LogP contribution in [0.5, 0.6) is 0 Å². The summed E-state index contributed by atoms with van der Waals surface area (Å²) in [5, 5.41) is 7.91. The Morgan fingerprint density at radius 2 is 1.54 bits per heavy atom. The number of carbonyl (C=O) groups excluding carboxylic acids is 2. The molecule has 0 saturated heterocycles. The average Bonchev–Trinajstić information content (AvgIpc) is 1.83. The van der Waals surface area contributed by atoms with E-state index in [1.807, 2.05) is 6.92 Å². The molecule has 0 aromatic carbocycles. The average molecular weight is 190 g/mol. The first-order valence-corrected chi connectivity index (χ1v) is 3.80. The van der Waals surface area contributed by atoms with Crippen molar-refractivity contribution in [3.63, 3.8) is 0 Å². The van der Waals surface area contributed by atoms with Gasteiger partial charge in [-0.25, -0.2) is 0 Å². The third-order valence-electron chi connectivity index (χ3n) is 0.751. The van der Waals surface area contributed by atoms with Crippen molar-refractivity contribution in [3.05, 3.63) is 0 Å². The van der Waals surface area contributed by atoms with Gasteiger partial charge in [-0.3, -0.25) is 14.4 Å². The molecule has 0 aliphatic rings. The van der Waals surface area contributed by atoms with Gasteiger partial charge in [0, 0.05) is 20.3 Å². The summed E-state index contributed by atoms with van der Waals surface area (Å²) in [5.41, 5.74) is 0. The van der Waals surface area contributed by atoms with E-state index >= 15 is 0 Å². The van der Waals surface area contributed by atoms with Gasteiger partial charge in [0.1, 0.15) is 0 Å². The molecule has 0 aromatic rings. The zero-order valence-corrected chi connectivity index (χ0v) is 7.99. The van der Waals surface area contributed by atoms with Crippen molar-refractivity contribution in [1.29, 1.82) is 0 Å². The molecule has 0 bridgehead atoms. The number of ether oxygens (including phenoxy) is 1. The van der Waals surface area contributed by atoms with Gasteiger partial charge in [-0.1, -0.05) is 6.92 Å². The van der Waals surface area contributed by atoms with Gasteiger partial charge < -0.3 is 9.84 Å². The molecule has 0 aliphatic heterocycles. The lowest BCUT2D eigenvalue weighted by Crippen LogP contribution is -2.03. The number of hydrogen-bond acceptors (Lipinski definition) is 4. The van der Waals surface area contributed by atoms with Gasteiger partial charge in [-0.05, 0) is 6.42 Å². The van der Waals surface area contributed by atoms with Crippen LogP contribution in [0.3, 0.4) is 0 Å². The van der Waals surface area contributed by atoms with Crippen LogP contribution in [0.2, 0.25) is 0 Å². The smallest absolute Gasteiger partial charge is 0.310 e. The van der Waals surface area contributed by atoms with Gasteiger partial charge in [0.15, 0.2) is 0 Å². The van der Waals surface area contributed by atoms with Crippen LogP contribution in [0.1, 0.15) is 33.6 Å². The molecule has 5 heteroatoms. The maximum Gasteiger partial charge on any atom is 0.310 e. The minimum absolute atomic E-state index is 0.292. The predicted molar refractivity (Wildman–Crippen MR) is 45.0 cm³/mol. The highest BCUT2D eigenvalue weighted by Crippen LogP contribution is 1.82. The minimum atomic E-state index is -0.711. The van der Waals surface area contributed by atoms with Gasteiger partial charge in [-0.2, -0.15) is 0 Å². The van der Waals surface area contributed by atoms with Gasteiger partial charge in [0.25, 0.3) is 0 Å². The Morgan fingerprint density at radius 1 is 1.15 bits per heavy atom. The maximum atomic E-state index is 9.81. The Kier molecular flexibility index (Phi) is 9.48. The van der Waals surface area contributed by atoms with E-state index in [-0.39, 0.29) is 0 Å². The molecule has 0 heterocycles. The Bertz CT molecular complexity index is 173. The zero-order valence-electron chi connectivity index (χ0n) is 7.99. The van der Waals surface area contributed by atoms with Crippen LogP contribution in [0.25, 0.3) is 0 Å². The van der Waals surface area contributed by atoms with Gasteiger partial charge >= 0.3 is 17.9 Å². The summed E-state index contributed by atoms with van der Waals surface area (Å²) in [6.45, 7) is 4.21. The Morgan fingerprint density at radius 3 is 1.54 bits per heavy atom. The number of aliphatic carboxylic acids is 1. The van der Waals surface area contributed by atoms with E-state index in [4.69, 9.17) is 5.11 Å². The normalized spacial score (nSPS) is 7.92. The first kappa shape index (κ1) is 14.2. The first-order valence-electron chi connectivity index (χ1n) is 3.80. The van der Waals surface area contributed by atoms with Gasteiger partial charge in [-0.15, -0.1) is 0 Å². The molecule has 0 spiro atoms. The lowest BCUT2D eigenvalue weighted by atomic mass is 10.4. The van der Waals surface area contributed by atoms with E-state index < -0.39 is 17.9 Å². The molecule has 5 nitrogen and oxygen atoms in total. The van der Waals surface area contributed by atoms with Crippen LogP contribution in [0.15, 0.2) is 0 Å². The molecule has 1 N–H and O–H groups in total. The monoisotopic (exact) mass is 190 g/mol. The Hall–Kier alpha value is -1.39. The predicted octanol–water partition coefficient (Wildman–Crippen LogP) is 0.967. The van der Waals surface area contributed by atoms with E-state index in [9.17, 15) is 14.4 Å². The molecule has 0 fully saturated rings. The number of hydrogen-bond donors (Lipinski definition) is 1. The standard InChI is InChI=1S/C4H6O3.C4H8O2/c1-3(5)7-4(2)6;1-2-3-4(5)6/h1-2H3;2-3H2,1H3,(H,5,6). The molecule has 0 amide bonds. The van der Waals surface area contributed by atoms with E-state index in [0.717, 1.165) is 6.42 Å². The van der Waals surface area contributed by atoms with Crippen LogP contribution in [0.4, 0.5) is 0 Å². The number of carboxylic acids is 1. The third-order valence-corrected chi connectivity index (χ3v) is 0.751. The van der Waals surface area contributed by atoms with Crippen LogP contribution in [0, 0.1) is 0 Å². The highest BCUT2D eigenvalue weighted by atomic mass is 16.6. The number of carbonyl (C=O) groups is 3. The molecule has 0 unspecified atom stereocenters. The number of esters is 2. The largest absolute Gasteiger partial charge is 0.481 e. The highest BCUT2D eigenvalue weighted by molar-refractivity contribution is 5.82. The second-order valence-corrected chi connectivity index (χ2v) is 2.23. The summed E-state index contributed by atoms with van der Waals surface area (Å²) in [6, 6.07) is 0. The van der Waals surface area contributed by atoms with Crippen LogP contribution < -0.4 is 0 Å². The number of rotatable bonds is 2. The second kappa shape index (κ2) is 8.70. The molecular formula is C8H14O5. The molecule has 0 radical (unpaired) electrons. The molecule has 0 aliphatic carbocycles. The Balaban J connectivity index is 0. The fraction of sp³-hybridized carbons (Fsp3) is 0.625. The summed E-state index contributed by atoms with van der Waals surface area (Å²) in [4.78, 5) is 29.2. The fourth-order valence-corrected chi connectivity index (χ4v) is 0.416. The van der Waals surface area contributed by atoms with Crippen molar-refractivity contribution in [2.24, 2.45) is 0 Å². The number of carboxylic acid groups (broad SMARTS) is 1. The van der Waals surface area contributed by atoms with Gasteiger partial charge in [0.05, 0.1) is 0 Å². The van der Waals surface area contributed by atoms with E-state index in [2.05, 4.69) is 4.74 Å². The topological polar surface area (TPSA) is 80.7 Å². The third kappa shape index (κ3) is 25.0. The molecule has 0 saturated carbocycles. The SMILES string of the molecule is CC(=O)OC(C)=O.CCCC(=O)O. The summed E-state index contributed by atoms with van der Waals surface area (Å²) in [6.07, 6.45) is 1.02. The highest BCUT2D eigenvalue weighted by Gasteiger charge is 1.93. The Labute approximate surface area is 76.7 Å². The molecule has 13 heavy (non-hydrogen) atoms. The van der Waals surface area contributed by atoms with Crippen molar-refractivity contribution in [2.75, 3.05) is 0 Å². The summed E-state index contributed by atoms with van der Waals surface area (Å²) in [5.74, 6) is -1.84. The molecule has 76 valence electrons. The van der Waals surface area contributed by atoms with E-state index in [1.54, 1.807) is 0 Å². The van der Waals surface area contributed by atoms with Crippen LogP contribution in [-0.2, 0) is 19.1 Å². The molecule has 0 aromatic heterocycles. The molecule has 0 rings (SSSR count).